The van der Waals surface area contributed by atoms with Crippen LogP contribution < -0.4 is 49.1 Å². The second-order valence-corrected chi connectivity index (χ2v) is 20.3. The maximum Gasteiger partial charge on any atom is 0.364 e. The van der Waals surface area contributed by atoms with Crippen LogP contribution in [0, 0.1) is 0 Å². The second-order valence-electron chi connectivity index (χ2n) is 20.3. The van der Waals surface area contributed by atoms with Crippen molar-refractivity contribution in [2.75, 3.05) is 32.9 Å². The van der Waals surface area contributed by atoms with Crippen LogP contribution in [0.2, 0.25) is 0 Å². The Hall–Kier alpha value is -5.73. The average Bonchev–Trinajstić information content (AvgIpc) is 1.02. The maximum absolute atomic E-state index is 14.0. The average molecular weight is 1220 g/mol. The monoisotopic (exact) mass is 1220 g/mol. The lowest BCUT2D eigenvalue weighted by Gasteiger charge is -2.52. The number of aliphatic carboxylic acids is 2. The lowest BCUT2D eigenvalue weighted by Crippen LogP contribution is -2.73. The summed E-state index contributed by atoms with van der Waals surface area (Å²) in [6.45, 7) is 0.120. The van der Waals surface area contributed by atoms with Crippen LogP contribution in [-0.4, -0.2) is 299 Å². The summed E-state index contributed by atoms with van der Waals surface area (Å²) in [4.78, 5) is 107. The number of carbonyl (C=O) groups excluding carboxylic acids is 6. The van der Waals surface area contributed by atoms with Crippen molar-refractivity contribution in [1.82, 2.24) is 31.9 Å². The third-order valence-electron chi connectivity index (χ3n) is 13.8. The molecule has 4 aliphatic heterocycles. The number of carbonyl (C=O) groups is 8. The molecule has 0 saturated carbocycles. The lowest BCUT2D eigenvalue weighted by atomic mass is 9.88. The fourth-order valence-electron chi connectivity index (χ4n) is 9.36. The fourth-order valence-corrected chi connectivity index (χ4v) is 9.36. The summed E-state index contributed by atoms with van der Waals surface area (Å²) in [6.07, 6.45) is -38.7. The summed E-state index contributed by atoms with van der Waals surface area (Å²) in [5.41, 5.74) is 16.4. The van der Waals surface area contributed by atoms with E-state index in [2.05, 4.69) is 36.9 Å². The van der Waals surface area contributed by atoms with Gasteiger partial charge in [-0.1, -0.05) is 0 Å². The molecule has 0 aromatic carbocycles. The number of ether oxygens (including phenoxy) is 7. The molecule has 6 amide bonds. The zero-order chi connectivity index (χ0) is 63.2. The van der Waals surface area contributed by atoms with Gasteiger partial charge < -0.3 is 149 Å². The Bertz CT molecular complexity index is 2290. The molecule has 0 spiro atoms. The summed E-state index contributed by atoms with van der Waals surface area (Å²) in [6, 6.07) is -8.25. The minimum atomic E-state index is -3.25. The third kappa shape index (κ3) is 18.4. The van der Waals surface area contributed by atoms with E-state index in [9.17, 15) is 105 Å². The fraction of sp³-hybridized carbons (Fsp3) is 0.804. The van der Waals surface area contributed by atoms with Crippen molar-refractivity contribution in [3.05, 3.63) is 0 Å². The van der Waals surface area contributed by atoms with Gasteiger partial charge in [0.15, 0.2) is 24.8 Å². The van der Waals surface area contributed by atoms with E-state index < -0.39 is 233 Å². The number of amides is 6. The molecule has 4 heterocycles. The number of nitrogens with one attached hydrogen (secondary N) is 6. The molecule has 0 aromatic heterocycles. The quantitative estimate of drug-likeness (QED) is 0.0196. The Labute approximate surface area is 477 Å². The molecule has 4 rings (SSSR count). The Morgan fingerprint density at radius 2 is 1.33 bits per heavy atom. The molecule has 0 bridgehead atoms. The highest BCUT2D eigenvalue weighted by Crippen LogP contribution is 2.39. The van der Waals surface area contributed by atoms with Gasteiger partial charge in [-0.15, -0.1) is 0 Å². The number of nitrogens with two attached hydrogens (primary N) is 3. The highest BCUT2D eigenvalue weighted by atomic mass is 16.8. The minimum absolute atomic E-state index is 0.0964. The van der Waals surface area contributed by atoms with E-state index in [1.807, 2.05) is 0 Å². The van der Waals surface area contributed by atoms with Crippen LogP contribution >= 0.6 is 0 Å². The van der Waals surface area contributed by atoms with Crippen molar-refractivity contribution >= 4 is 53.3 Å². The molecule has 0 radical (unpaired) electrons. The molecular weight excluding hydrogens is 1140 g/mol. The van der Waals surface area contributed by atoms with Gasteiger partial charge in [-0.05, 0) is 26.7 Å². The number of nitrogens with zero attached hydrogens (tertiary/aromatic N) is 1. The van der Waals surface area contributed by atoms with Crippen molar-refractivity contribution in [2.45, 2.75) is 200 Å². The third-order valence-corrected chi connectivity index (χ3v) is 13.8. The number of carboxylic acids is 2. The van der Waals surface area contributed by atoms with E-state index in [1.54, 1.807) is 0 Å². The van der Waals surface area contributed by atoms with E-state index >= 15 is 0 Å². The first kappa shape index (κ1) is 70.8. The number of aliphatic hydroxyl groups excluding tert-OH is 11. The molecule has 0 aromatic rings. The van der Waals surface area contributed by atoms with E-state index in [0.717, 1.165) is 20.8 Å². The Kier molecular flexibility index (Phi) is 26.6. The highest BCUT2D eigenvalue weighted by Gasteiger charge is 2.61. The Balaban J connectivity index is 1.67. The molecule has 0 unspecified atom stereocenters. The van der Waals surface area contributed by atoms with E-state index in [0.29, 0.717) is 0 Å². The van der Waals surface area contributed by atoms with Gasteiger partial charge in [0.05, 0.1) is 57.1 Å². The smallest absolute Gasteiger partial charge is 0.364 e. The predicted molar refractivity (Wildman–Crippen MR) is 271 cm³/mol. The summed E-state index contributed by atoms with van der Waals surface area (Å²) in [5, 5.41) is 153. The molecule has 4 saturated heterocycles. The number of guanidine groups is 1. The van der Waals surface area contributed by atoms with Gasteiger partial charge >= 0.3 is 11.9 Å². The molecule has 24 atom stereocenters. The van der Waals surface area contributed by atoms with Gasteiger partial charge in [-0.3, -0.25) is 38.6 Å². The molecular formula is C46H78N10O28. The van der Waals surface area contributed by atoms with Crippen LogP contribution in [0.5, 0.6) is 0 Å². The lowest BCUT2D eigenvalue weighted by molar-refractivity contribution is -0.386. The summed E-state index contributed by atoms with van der Waals surface area (Å²) < 4.78 is 41.1. The Morgan fingerprint density at radius 3 is 1.90 bits per heavy atom. The topological polar surface area (TPSA) is 627 Å². The number of rotatable bonds is 28. The van der Waals surface area contributed by atoms with Crippen LogP contribution in [0.3, 0.4) is 0 Å². The molecule has 25 N–H and O–H groups in total. The molecule has 0 aliphatic carbocycles. The van der Waals surface area contributed by atoms with Crippen LogP contribution in [0.15, 0.2) is 4.99 Å². The van der Waals surface area contributed by atoms with Gasteiger partial charge in [-0.2, -0.15) is 0 Å². The molecule has 4 aliphatic rings. The number of aliphatic hydroxyl groups is 11. The number of carboxylic acid groups (broad SMARTS) is 2. The number of aliphatic imine (C=N–C) groups is 1. The summed E-state index contributed by atoms with van der Waals surface area (Å²) >= 11 is 0. The molecule has 38 heteroatoms. The van der Waals surface area contributed by atoms with Crippen LogP contribution in [0.1, 0.15) is 53.4 Å². The van der Waals surface area contributed by atoms with Gasteiger partial charge in [-0.25, -0.2) is 4.79 Å². The van der Waals surface area contributed by atoms with E-state index in [-0.39, 0.29) is 25.3 Å². The minimum Gasteiger partial charge on any atom is -0.481 e. The van der Waals surface area contributed by atoms with Crippen molar-refractivity contribution in [3.8, 4) is 0 Å². The second kappa shape index (κ2) is 31.6. The van der Waals surface area contributed by atoms with Crippen LogP contribution in [0.25, 0.3) is 0 Å². The van der Waals surface area contributed by atoms with Crippen molar-refractivity contribution in [3.63, 3.8) is 0 Å². The highest BCUT2D eigenvalue weighted by molar-refractivity contribution is 5.95. The SMILES string of the molecule is CC(=O)N[C@@H]1[C@@H](O[C@@H]2O[C@@H](C)[C@@H](O)[C@@H](O)[C@@H]2O)[C@H](O[C@@H]2O[C@H](CO)[C@H](O)[C@H](O[C@]3(C(=O)O)C[C@H](O)[C@@H](NC(C)=O)[C@H]([C@H](O)[C@H](O)CO)O3)[C@H]2O)[C@@H](CO)O[C@H]1NC(=O)[C@H](C)NC(=O)[C@H](CC(=O)O)NC(=O)CNC(=O)[C@@H](N)CCCN=C(N)N. The van der Waals surface area contributed by atoms with Crippen molar-refractivity contribution < 1.29 is 138 Å². The largest absolute Gasteiger partial charge is 0.481 e. The molecule has 38 nitrogen and oxygen atoms in total. The zero-order valence-corrected chi connectivity index (χ0v) is 45.8. The first-order valence-electron chi connectivity index (χ1n) is 26.2. The summed E-state index contributed by atoms with van der Waals surface area (Å²) in [7, 11) is 0. The van der Waals surface area contributed by atoms with Gasteiger partial charge in [0.25, 0.3) is 5.79 Å². The predicted octanol–water partition coefficient (Wildman–Crippen LogP) is -13.1. The maximum atomic E-state index is 14.0. The number of hydrogen-bond acceptors (Lipinski definition) is 28. The van der Waals surface area contributed by atoms with Crippen LogP contribution in [-0.2, 0) is 71.5 Å². The standard InChI is InChI=1S/C46H78N10O28/c1-14(52-40(75)19(8-25(65)66)55-24(64)10-51-39(74)18(47)6-5-7-50-45(48)49)38(73)56-41-27(54-17(4)61)36(82-42-32(71)31(70)28(67)15(2)78-42)34(23(13-59)79-41)81-43-33(72)37(30(69)22(12-58)80-43)84-46(44(76)77)9-20(62)26(53-16(3)60)35(83-46)29(68)21(63)11-57/h14-15,18-23,26-37,41-43,57-59,62-63,67-72H,5-13,47H2,1-4H3,(H,51,74)(H,52,75)(H,53,60)(H,54,61)(H,55,64)(H,56,73)(H,65,66)(H,76,77)(H4,48,49,50)/t14-,15-,18-,19-,20-,21+,22+,23+,26+,27+,28+,29+,30-,31+,32-,33+,34+,35+,36+,37-,41+,42-,43-,46-/m0/s1. The van der Waals surface area contributed by atoms with Gasteiger partial charge in [0, 0.05) is 26.8 Å². The zero-order valence-electron chi connectivity index (χ0n) is 45.8. The first-order chi connectivity index (χ1) is 39.3. The van der Waals surface area contributed by atoms with E-state index in [4.69, 9.17) is 50.4 Å². The van der Waals surface area contributed by atoms with Crippen molar-refractivity contribution in [2.24, 2.45) is 22.2 Å². The van der Waals surface area contributed by atoms with Gasteiger partial charge in [0.1, 0.15) is 97.5 Å². The van der Waals surface area contributed by atoms with E-state index in [1.165, 1.54) is 6.92 Å². The molecule has 4 fully saturated rings. The normalized spacial score (nSPS) is 35.1. The molecule has 84 heavy (non-hydrogen) atoms. The molecule has 480 valence electrons. The number of hydrogen-bond donors (Lipinski definition) is 22. The van der Waals surface area contributed by atoms with Gasteiger partial charge in [0.2, 0.25) is 35.4 Å². The Morgan fingerprint density at radius 1 is 0.726 bits per heavy atom. The van der Waals surface area contributed by atoms with Crippen molar-refractivity contribution in [1.29, 1.82) is 0 Å². The summed E-state index contributed by atoms with van der Waals surface area (Å²) in [5.74, 6) is -13.2. The van der Waals surface area contributed by atoms with Crippen LogP contribution in [0.4, 0.5) is 0 Å². The first-order valence-corrected chi connectivity index (χ1v) is 26.2.